The number of hydrogen-bond acceptors (Lipinski definition) is 4. The number of nitrogens with zero attached hydrogens (tertiary/aromatic N) is 1. The van der Waals surface area contributed by atoms with Crippen LogP contribution in [0, 0.1) is 11.3 Å². The number of alkyl halides is 2. The number of nitriles is 1. The molecule has 0 unspecified atom stereocenters. The zero-order valence-corrected chi connectivity index (χ0v) is 10.5. The highest BCUT2D eigenvalue weighted by Gasteiger charge is 2.20. The van der Waals surface area contributed by atoms with E-state index in [0.717, 1.165) is 0 Å². The van der Waals surface area contributed by atoms with Crippen LogP contribution in [0.1, 0.15) is 35.6 Å². The minimum atomic E-state index is -2.77. The zero-order valence-electron chi connectivity index (χ0n) is 10.5. The molecule has 0 aromatic heterocycles. The Hall–Kier alpha value is -2.00. The minimum Gasteiger partial charge on any atom is -0.466 e. The molecule has 1 aromatic carbocycles. The summed E-state index contributed by atoms with van der Waals surface area (Å²) in [5.74, 6) is -0.638. The average Bonchev–Trinajstić information content (AvgIpc) is 2.38. The van der Waals surface area contributed by atoms with Crippen molar-refractivity contribution in [2.45, 2.75) is 26.3 Å². The highest BCUT2D eigenvalue weighted by molar-refractivity contribution is 5.74. The Bertz CT molecular complexity index is 510. The summed E-state index contributed by atoms with van der Waals surface area (Å²) in [5.41, 5.74) is 5.53. The maximum absolute atomic E-state index is 13.0. The van der Waals surface area contributed by atoms with Crippen LogP contribution in [0.4, 0.5) is 8.78 Å². The summed E-state index contributed by atoms with van der Waals surface area (Å²) in [4.78, 5) is 11.4. The molecule has 19 heavy (non-hydrogen) atoms. The van der Waals surface area contributed by atoms with Gasteiger partial charge in [-0.3, -0.25) is 4.79 Å². The Morgan fingerprint density at radius 2 is 2.21 bits per heavy atom. The minimum absolute atomic E-state index is 0.00755. The summed E-state index contributed by atoms with van der Waals surface area (Å²) in [5, 5.41) is 9.00. The van der Waals surface area contributed by atoms with Crippen molar-refractivity contribution >= 4 is 5.97 Å². The van der Waals surface area contributed by atoms with Crippen LogP contribution >= 0.6 is 0 Å². The van der Waals surface area contributed by atoms with Gasteiger partial charge >= 0.3 is 5.97 Å². The van der Waals surface area contributed by atoms with Crippen molar-refractivity contribution in [2.75, 3.05) is 6.61 Å². The first-order valence-corrected chi connectivity index (χ1v) is 5.73. The Balaban J connectivity index is 3.26. The lowest BCUT2D eigenvalue weighted by atomic mass is 9.96. The highest BCUT2D eigenvalue weighted by atomic mass is 19.3. The third-order valence-corrected chi connectivity index (χ3v) is 2.56. The van der Waals surface area contributed by atoms with Crippen LogP contribution in [0.2, 0.25) is 0 Å². The maximum Gasteiger partial charge on any atom is 0.310 e. The van der Waals surface area contributed by atoms with E-state index in [2.05, 4.69) is 0 Å². The van der Waals surface area contributed by atoms with Crippen LogP contribution in [0.3, 0.4) is 0 Å². The summed E-state index contributed by atoms with van der Waals surface area (Å²) >= 11 is 0. The molecule has 0 saturated carbocycles. The van der Waals surface area contributed by atoms with Gasteiger partial charge in [0.2, 0.25) is 0 Å². The third-order valence-electron chi connectivity index (χ3n) is 2.56. The molecule has 1 aromatic rings. The quantitative estimate of drug-likeness (QED) is 0.829. The van der Waals surface area contributed by atoms with Crippen LogP contribution in [0.15, 0.2) is 12.1 Å². The van der Waals surface area contributed by atoms with Gasteiger partial charge in [-0.15, -0.1) is 0 Å². The number of carbonyl (C=O) groups is 1. The average molecular weight is 268 g/mol. The van der Waals surface area contributed by atoms with E-state index >= 15 is 0 Å². The van der Waals surface area contributed by atoms with Crippen molar-refractivity contribution in [2.24, 2.45) is 5.73 Å². The lowest BCUT2D eigenvalue weighted by Crippen LogP contribution is -2.12. The molecule has 0 fully saturated rings. The van der Waals surface area contributed by atoms with Crippen molar-refractivity contribution in [1.82, 2.24) is 0 Å². The fourth-order valence-corrected chi connectivity index (χ4v) is 1.72. The van der Waals surface area contributed by atoms with Crippen molar-refractivity contribution in [3.8, 4) is 6.07 Å². The maximum atomic E-state index is 13.0. The van der Waals surface area contributed by atoms with E-state index in [9.17, 15) is 13.6 Å². The third kappa shape index (κ3) is 3.73. The molecule has 0 heterocycles. The molecule has 4 nitrogen and oxygen atoms in total. The fourth-order valence-electron chi connectivity index (χ4n) is 1.72. The number of halogens is 2. The zero-order chi connectivity index (χ0) is 14.4. The molecular weight excluding hydrogens is 254 g/mol. The lowest BCUT2D eigenvalue weighted by Gasteiger charge is -2.12. The van der Waals surface area contributed by atoms with Gasteiger partial charge in [-0.1, -0.05) is 0 Å². The fraction of sp³-hybridized carbons (Fsp3) is 0.385. The van der Waals surface area contributed by atoms with Gasteiger partial charge in [0.15, 0.2) is 0 Å². The van der Waals surface area contributed by atoms with Gasteiger partial charge in [-0.05, 0) is 30.2 Å². The Kier molecular flexibility index (Phi) is 5.39. The first kappa shape index (κ1) is 15.1. The number of nitrogens with two attached hydrogens (primary N) is 1. The predicted octanol–water partition coefficient (Wildman–Crippen LogP) is 2.06. The Morgan fingerprint density at radius 3 is 2.68 bits per heavy atom. The molecular formula is C13H14F2N2O2. The van der Waals surface area contributed by atoms with Gasteiger partial charge in [0.05, 0.1) is 24.7 Å². The lowest BCUT2D eigenvalue weighted by molar-refractivity contribution is -0.142. The first-order chi connectivity index (χ1) is 9.03. The number of hydrogen-bond donors (Lipinski definition) is 1. The smallest absolute Gasteiger partial charge is 0.310 e. The highest BCUT2D eigenvalue weighted by Crippen LogP contribution is 2.27. The summed E-state index contributed by atoms with van der Waals surface area (Å²) in [6.07, 6.45) is -3.12. The molecule has 102 valence electrons. The first-order valence-electron chi connectivity index (χ1n) is 5.73. The number of rotatable bonds is 5. The number of carbonyl (C=O) groups excluding carboxylic acids is 1. The molecule has 0 aliphatic rings. The molecule has 1 rings (SSSR count). The molecule has 0 aliphatic carbocycles. The van der Waals surface area contributed by atoms with Crippen molar-refractivity contribution in [1.29, 1.82) is 5.26 Å². The summed E-state index contributed by atoms with van der Waals surface area (Å²) in [7, 11) is 0. The monoisotopic (exact) mass is 268 g/mol. The van der Waals surface area contributed by atoms with E-state index in [4.69, 9.17) is 15.7 Å². The van der Waals surface area contributed by atoms with Crippen molar-refractivity contribution in [3.05, 3.63) is 34.4 Å². The second-order valence-electron chi connectivity index (χ2n) is 3.81. The van der Waals surface area contributed by atoms with Gasteiger partial charge in [0.25, 0.3) is 6.43 Å². The normalized spacial score (nSPS) is 10.3. The molecule has 0 bridgehead atoms. The summed E-state index contributed by atoms with van der Waals surface area (Å²) in [6.45, 7) is 1.83. The van der Waals surface area contributed by atoms with Gasteiger partial charge in [0, 0.05) is 12.1 Å². The Labute approximate surface area is 109 Å². The number of ether oxygens (including phenoxy) is 1. The molecule has 6 heteroatoms. The van der Waals surface area contributed by atoms with Crippen molar-refractivity contribution < 1.29 is 18.3 Å². The van der Waals surface area contributed by atoms with Crippen molar-refractivity contribution in [3.63, 3.8) is 0 Å². The molecule has 0 spiro atoms. The summed E-state index contributed by atoms with van der Waals surface area (Å²) < 4.78 is 30.7. The van der Waals surface area contributed by atoms with Gasteiger partial charge < -0.3 is 10.5 Å². The van der Waals surface area contributed by atoms with E-state index in [0.29, 0.717) is 5.56 Å². The molecule has 2 N–H and O–H groups in total. The van der Waals surface area contributed by atoms with E-state index in [1.807, 2.05) is 6.07 Å². The number of benzene rings is 1. The van der Waals surface area contributed by atoms with Crippen LogP contribution in [-0.2, 0) is 22.5 Å². The van der Waals surface area contributed by atoms with Gasteiger partial charge in [0.1, 0.15) is 0 Å². The summed E-state index contributed by atoms with van der Waals surface area (Å²) in [6, 6.07) is 4.46. The molecule has 0 amide bonds. The topological polar surface area (TPSA) is 76.1 Å². The SMILES string of the molecule is CCOC(=O)Cc1c(C#N)cc(CN)cc1C(F)F. The van der Waals surface area contributed by atoms with E-state index in [1.54, 1.807) is 6.92 Å². The molecule has 0 radical (unpaired) electrons. The Morgan fingerprint density at radius 1 is 1.53 bits per heavy atom. The van der Waals surface area contributed by atoms with Crippen LogP contribution in [-0.4, -0.2) is 12.6 Å². The van der Waals surface area contributed by atoms with E-state index < -0.39 is 12.4 Å². The van der Waals surface area contributed by atoms with Gasteiger partial charge in [-0.2, -0.15) is 5.26 Å². The van der Waals surface area contributed by atoms with Crippen LogP contribution in [0.25, 0.3) is 0 Å². The van der Waals surface area contributed by atoms with E-state index in [-0.39, 0.29) is 36.3 Å². The largest absolute Gasteiger partial charge is 0.466 e. The molecule has 0 aliphatic heterocycles. The standard InChI is InChI=1S/C13H14F2N2O2/c1-2-19-12(18)5-10-9(7-17)3-8(6-16)4-11(10)13(14)15/h3-4,13H,2,5-6,16H2,1H3. The van der Waals surface area contributed by atoms with Crippen LogP contribution in [0.5, 0.6) is 0 Å². The van der Waals surface area contributed by atoms with E-state index in [1.165, 1.54) is 12.1 Å². The number of esters is 1. The second kappa shape index (κ2) is 6.81. The molecule has 0 atom stereocenters. The molecule has 0 saturated heterocycles. The predicted molar refractivity (Wildman–Crippen MR) is 64.3 cm³/mol. The second-order valence-corrected chi connectivity index (χ2v) is 3.81. The van der Waals surface area contributed by atoms with Crippen LogP contribution < -0.4 is 5.73 Å². The van der Waals surface area contributed by atoms with Gasteiger partial charge in [-0.25, -0.2) is 8.78 Å².